The van der Waals surface area contributed by atoms with Gasteiger partial charge in [0.2, 0.25) is 0 Å². The molecule has 0 aromatic rings. The molecule has 0 heterocycles. The molecule has 1 unspecified atom stereocenters. The van der Waals surface area contributed by atoms with Crippen LogP contribution in [0.3, 0.4) is 0 Å². The predicted molar refractivity (Wildman–Crippen MR) is 74.4 cm³/mol. The van der Waals surface area contributed by atoms with Crippen molar-refractivity contribution in [2.75, 3.05) is 19.8 Å². The molecule has 2 nitrogen and oxygen atoms in total. The summed E-state index contributed by atoms with van der Waals surface area (Å²) in [7, 11) is 0. The number of ether oxygens (including phenoxy) is 1. The third kappa shape index (κ3) is 6.23. The average molecular weight is 239 g/mol. The topological polar surface area (TPSA) is 21.3 Å². The highest BCUT2D eigenvalue weighted by molar-refractivity contribution is 5.12. The molecule has 1 N–H and O–H groups in total. The van der Waals surface area contributed by atoms with E-state index in [1.54, 1.807) is 5.57 Å². The summed E-state index contributed by atoms with van der Waals surface area (Å²) in [5, 5.41) is 3.63. The third-order valence-electron chi connectivity index (χ3n) is 3.46. The maximum absolute atomic E-state index is 5.43. The third-order valence-corrected chi connectivity index (χ3v) is 3.46. The van der Waals surface area contributed by atoms with E-state index in [9.17, 15) is 0 Å². The minimum Gasteiger partial charge on any atom is -0.382 e. The molecule has 2 heteroatoms. The van der Waals surface area contributed by atoms with Crippen LogP contribution >= 0.6 is 0 Å². The monoisotopic (exact) mass is 239 g/mol. The zero-order valence-corrected chi connectivity index (χ0v) is 11.6. The van der Waals surface area contributed by atoms with Crippen LogP contribution in [-0.2, 0) is 4.74 Å². The number of allylic oxidation sites excluding steroid dienone is 1. The van der Waals surface area contributed by atoms with Gasteiger partial charge in [0.1, 0.15) is 0 Å². The first kappa shape index (κ1) is 14.7. The van der Waals surface area contributed by atoms with Gasteiger partial charge in [0.05, 0.1) is 0 Å². The van der Waals surface area contributed by atoms with Crippen molar-refractivity contribution >= 4 is 0 Å². The van der Waals surface area contributed by atoms with Gasteiger partial charge in [-0.05, 0) is 52.0 Å². The fraction of sp³-hybridized carbons (Fsp3) is 0.867. The second kappa shape index (κ2) is 9.67. The molecule has 0 amide bonds. The molecule has 1 aliphatic rings. The smallest absolute Gasteiger partial charge is 0.0466 e. The molecule has 1 aliphatic carbocycles. The van der Waals surface area contributed by atoms with Gasteiger partial charge < -0.3 is 10.1 Å². The Morgan fingerprint density at radius 2 is 2.18 bits per heavy atom. The molecular weight excluding hydrogens is 210 g/mol. The Bertz CT molecular complexity index is 213. The average Bonchev–Trinajstić information content (AvgIpc) is 2.62. The Morgan fingerprint density at radius 1 is 1.29 bits per heavy atom. The molecule has 1 atom stereocenters. The van der Waals surface area contributed by atoms with E-state index in [2.05, 4.69) is 25.2 Å². The zero-order valence-electron chi connectivity index (χ0n) is 11.6. The molecule has 0 aliphatic heterocycles. The van der Waals surface area contributed by atoms with Crippen LogP contribution in [0.1, 0.15) is 58.8 Å². The van der Waals surface area contributed by atoms with Crippen molar-refractivity contribution < 1.29 is 4.74 Å². The van der Waals surface area contributed by atoms with Crippen molar-refractivity contribution in [3.05, 3.63) is 11.6 Å². The van der Waals surface area contributed by atoms with Crippen LogP contribution in [0.2, 0.25) is 0 Å². The van der Waals surface area contributed by atoms with E-state index < -0.39 is 0 Å². The largest absolute Gasteiger partial charge is 0.382 e. The van der Waals surface area contributed by atoms with Crippen molar-refractivity contribution in [2.24, 2.45) is 0 Å². The first-order valence-corrected chi connectivity index (χ1v) is 7.38. The van der Waals surface area contributed by atoms with E-state index in [4.69, 9.17) is 4.74 Å². The lowest BCUT2D eigenvalue weighted by atomic mass is 9.98. The molecule has 100 valence electrons. The fourth-order valence-corrected chi connectivity index (χ4v) is 2.56. The summed E-state index contributed by atoms with van der Waals surface area (Å²) in [6.07, 6.45) is 11.6. The summed E-state index contributed by atoms with van der Waals surface area (Å²) in [5.41, 5.74) is 1.65. The van der Waals surface area contributed by atoms with Gasteiger partial charge >= 0.3 is 0 Å². The number of rotatable bonds is 8. The van der Waals surface area contributed by atoms with E-state index >= 15 is 0 Å². The standard InChI is InChI=1S/C15H29NO/c1-3-16-15(12-9-13-17-4-2)14-10-7-5-6-8-11-14/h10,15-16H,3-9,11-13H2,1-2H3. The Morgan fingerprint density at radius 3 is 2.94 bits per heavy atom. The van der Waals surface area contributed by atoms with Gasteiger partial charge in [-0.3, -0.25) is 0 Å². The van der Waals surface area contributed by atoms with Gasteiger partial charge in [-0.2, -0.15) is 0 Å². The highest BCUT2D eigenvalue weighted by Crippen LogP contribution is 2.22. The van der Waals surface area contributed by atoms with E-state index in [1.165, 1.54) is 44.9 Å². The molecule has 0 spiro atoms. The van der Waals surface area contributed by atoms with Gasteiger partial charge in [-0.1, -0.05) is 25.0 Å². The lowest BCUT2D eigenvalue weighted by Crippen LogP contribution is -2.31. The zero-order chi connectivity index (χ0) is 12.3. The number of likely N-dealkylation sites (N-methyl/N-ethyl adjacent to an activating group) is 1. The molecule has 0 radical (unpaired) electrons. The molecule has 0 fully saturated rings. The normalized spacial score (nSPS) is 18.6. The van der Waals surface area contributed by atoms with Crippen molar-refractivity contribution in [3.8, 4) is 0 Å². The van der Waals surface area contributed by atoms with E-state index in [0.717, 1.165) is 19.8 Å². The molecule has 0 aromatic heterocycles. The maximum atomic E-state index is 5.43. The highest BCUT2D eigenvalue weighted by atomic mass is 16.5. The molecule has 0 saturated heterocycles. The number of hydrogen-bond donors (Lipinski definition) is 1. The SMILES string of the molecule is CCNC(CCCOCC)C1=CCCCCC1. The minimum atomic E-state index is 0.596. The van der Waals surface area contributed by atoms with Gasteiger partial charge in [-0.25, -0.2) is 0 Å². The van der Waals surface area contributed by atoms with Crippen LogP contribution in [0.5, 0.6) is 0 Å². The fourth-order valence-electron chi connectivity index (χ4n) is 2.56. The first-order chi connectivity index (χ1) is 8.38. The van der Waals surface area contributed by atoms with Crippen molar-refractivity contribution in [1.82, 2.24) is 5.32 Å². The van der Waals surface area contributed by atoms with Gasteiger partial charge in [-0.15, -0.1) is 0 Å². The summed E-state index contributed by atoms with van der Waals surface area (Å²) >= 11 is 0. The Balaban J connectivity index is 2.37. The second-order valence-corrected chi connectivity index (χ2v) is 4.83. The lowest BCUT2D eigenvalue weighted by Gasteiger charge is -2.21. The van der Waals surface area contributed by atoms with E-state index in [-0.39, 0.29) is 0 Å². The quantitative estimate of drug-likeness (QED) is 0.515. The second-order valence-electron chi connectivity index (χ2n) is 4.83. The number of hydrogen-bond acceptors (Lipinski definition) is 2. The van der Waals surface area contributed by atoms with Gasteiger partial charge in [0.25, 0.3) is 0 Å². The van der Waals surface area contributed by atoms with Gasteiger partial charge in [0.15, 0.2) is 0 Å². The van der Waals surface area contributed by atoms with Crippen LogP contribution < -0.4 is 5.32 Å². The first-order valence-electron chi connectivity index (χ1n) is 7.38. The molecule has 0 bridgehead atoms. The van der Waals surface area contributed by atoms with Crippen molar-refractivity contribution in [3.63, 3.8) is 0 Å². The van der Waals surface area contributed by atoms with Crippen LogP contribution in [-0.4, -0.2) is 25.8 Å². The summed E-state index contributed by atoms with van der Waals surface area (Å²) in [4.78, 5) is 0. The van der Waals surface area contributed by atoms with Crippen molar-refractivity contribution in [2.45, 2.75) is 64.8 Å². The molecule has 17 heavy (non-hydrogen) atoms. The lowest BCUT2D eigenvalue weighted by molar-refractivity contribution is 0.141. The summed E-state index contributed by atoms with van der Waals surface area (Å²) in [6.45, 7) is 7.08. The molecule has 0 aromatic carbocycles. The van der Waals surface area contributed by atoms with Gasteiger partial charge in [0, 0.05) is 19.3 Å². The Kier molecular flexibility index (Phi) is 8.37. The maximum Gasteiger partial charge on any atom is 0.0466 e. The highest BCUT2D eigenvalue weighted by Gasteiger charge is 2.14. The molecule has 0 saturated carbocycles. The summed E-state index contributed by atoms with van der Waals surface area (Å²) in [5.74, 6) is 0. The van der Waals surface area contributed by atoms with Crippen LogP contribution in [0.15, 0.2) is 11.6 Å². The van der Waals surface area contributed by atoms with Crippen LogP contribution in [0, 0.1) is 0 Å². The van der Waals surface area contributed by atoms with Crippen LogP contribution in [0.25, 0.3) is 0 Å². The predicted octanol–water partition coefficient (Wildman–Crippen LogP) is 3.67. The number of nitrogens with one attached hydrogen (secondary N) is 1. The minimum absolute atomic E-state index is 0.596. The van der Waals surface area contributed by atoms with Crippen LogP contribution in [0.4, 0.5) is 0 Å². The van der Waals surface area contributed by atoms with E-state index in [1.807, 2.05) is 0 Å². The molecule has 1 rings (SSSR count). The Labute approximate surface area is 107 Å². The van der Waals surface area contributed by atoms with Crippen molar-refractivity contribution in [1.29, 1.82) is 0 Å². The van der Waals surface area contributed by atoms with E-state index in [0.29, 0.717) is 6.04 Å². The molecular formula is C15H29NO. The summed E-state index contributed by atoms with van der Waals surface area (Å²) < 4.78 is 5.43. The summed E-state index contributed by atoms with van der Waals surface area (Å²) in [6, 6.07) is 0.596. The Hall–Kier alpha value is -0.340.